The molecule has 0 radical (unpaired) electrons. The summed E-state index contributed by atoms with van der Waals surface area (Å²) in [7, 11) is 4.98. The zero-order valence-electron chi connectivity index (χ0n) is 33.5. The summed E-state index contributed by atoms with van der Waals surface area (Å²) in [5.41, 5.74) is -2.42. The van der Waals surface area contributed by atoms with Crippen molar-refractivity contribution in [1.82, 2.24) is 4.90 Å². The molecule has 6 aliphatic rings. The lowest BCUT2D eigenvalue weighted by molar-refractivity contribution is -0.371. The van der Waals surface area contributed by atoms with Crippen LogP contribution in [0.1, 0.15) is 115 Å². The van der Waals surface area contributed by atoms with Gasteiger partial charge in [0.05, 0.1) is 48.3 Å². The van der Waals surface area contributed by atoms with Gasteiger partial charge in [0.25, 0.3) is 0 Å². The Morgan fingerprint density at radius 3 is 2.33 bits per heavy atom. The predicted molar refractivity (Wildman–Crippen MR) is 199 cm³/mol. The molecule has 0 amide bonds. The number of hydrogen-bond acceptors (Lipinski definition) is 16. The third kappa shape index (κ3) is 6.76. The second kappa shape index (κ2) is 15.3. The number of aromatic hydroxyl groups is 2. The fourth-order valence-electron chi connectivity index (χ4n) is 9.71. The van der Waals surface area contributed by atoms with Crippen LogP contribution in [-0.4, -0.2) is 138 Å². The first-order valence-electron chi connectivity index (χ1n) is 19.9. The minimum absolute atomic E-state index is 0.0407. The summed E-state index contributed by atoms with van der Waals surface area (Å²) >= 11 is 0. The number of ketones is 3. The highest BCUT2D eigenvalue weighted by atomic mass is 16.8. The van der Waals surface area contributed by atoms with Crippen molar-refractivity contribution in [2.45, 2.75) is 145 Å². The van der Waals surface area contributed by atoms with Crippen LogP contribution in [0.5, 0.6) is 11.5 Å². The molecule has 2 aromatic carbocycles. The first kappa shape index (κ1) is 40.9. The number of carbonyl (C=O) groups is 4. The van der Waals surface area contributed by atoms with Crippen molar-refractivity contribution in [3.05, 3.63) is 57.6 Å². The molecule has 0 spiro atoms. The highest BCUT2D eigenvalue weighted by Gasteiger charge is 2.54. The van der Waals surface area contributed by atoms with Gasteiger partial charge in [-0.3, -0.25) is 19.2 Å². The molecule has 3 N–H and O–H groups in total. The maximum atomic E-state index is 13.9. The van der Waals surface area contributed by atoms with Crippen LogP contribution in [0.3, 0.4) is 0 Å². The van der Waals surface area contributed by atoms with Gasteiger partial charge in [0.15, 0.2) is 30.4 Å². The monoisotopic (exact) mass is 809 g/mol. The number of fused-ring (bicyclic) bond motifs is 5. The SMILES string of the molecule is CCC1(O)CC(OC2CC(N(C)C)C(OC3CC4OC5CC(=O)C(C)OC5OC4C(C)O3)C(C)O2)c2c(cc3c(c2O)C(=O)c2c(O)cccc2C3=O)C1C(=O)OC. The average Bonchev–Trinajstić information content (AvgIpc) is 3.17. The Morgan fingerprint density at radius 2 is 1.62 bits per heavy atom. The van der Waals surface area contributed by atoms with Crippen LogP contribution in [0.15, 0.2) is 24.3 Å². The normalized spacial score (nSPS) is 38.3. The third-order valence-corrected chi connectivity index (χ3v) is 12.8. The standard InChI is InChI=1S/C42H51NO15/c1-8-42(50)16-28(32-21(34(42)40(49)51-7)12-22-33(37(32)48)36(47)31-20(35(22)46)10-9-11-24(31)44)56-29-13-23(43(5)6)38(18(3)52-29)57-30-15-26-39(19(4)53-30)58-41-27(55-26)14-25(45)17(2)54-41/h9-12,17-19,23,26-30,34,38-39,41,44,48,50H,8,13-16H2,1-7H3. The lowest BCUT2D eigenvalue weighted by atomic mass is 9.67. The number of likely N-dealkylation sites (N-methyl/N-ethyl adjacent to an activating group) is 1. The molecule has 4 fully saturated rings. The second-order valence-electron chi connectivity index (χ2n) is 16.5. The summed E-state index contributed by atoms with van der Waals surface area (Å²) in [5, 5.41) is 34.8. The molecule has 58 heavy (non-hydrogen) atoms. The van der Waals surface area contributed by atoms with E-state index in [0.717, 1.165) is 0 Å². The van der Waals surface area contributed by atoms with Crippen molar-refractivity contribution in [1.29, 1.82) is 0 Å². The van der Waals surface area contributed by atoms with Crippen LogP contribution in [0, 0.1) is 0 Å². The molecule has 4 saturated heterocycles. The Balaban J connectivity index is 1.06. The molecule has 314 valence electrons. The van der Waals surface area contributed by atoms with Crippen molar-refractivity contribution < 1.29 is 72.4 Å². The number of carbonyl (C=O) groups excluding carboxylic acids is 4. The van der Waals surface area contributed by atoms with Gasteiger partial charge in [0, 0.05) is 48.4 Å². The maximum Gasteiger partial charge on any atom is 0.316 e. The van der Waals surface area contributed by atoms with Crippen molar-refractivity contribution >= 4 is 23.3 Å². The summed E-state index contributed by atoms with van der Waals surface area (Å²) in [6.07, 6.45) is -6.13. The van der Waals surface area contributed by atoms with E-state index in [2.05, 4.69) is 0 Å². The van der Waals surface area contributed by atoms with Gasteiger partial charge in [-0.25, -0.2) is 0 Å². The number of methoxy groups -OCH3 is 1. The molecule has 16 heteroatoms. The van der Waals surface area contributed by atoms with Crippen LogP contribution in [0.4, 0.5) is 0 Å². The molecular formula is C42H51NO15. The van der Waals surface area contributed by atoms with Crippen molar-refractivity contribution in [2.24, 2.45) is 0 Å². The van der Waals surface area contributed by atoms with E-state index >= 15 is 0 Å². The number of rotatable bonds is 7. The summed E-state index contributed by atoms with van der Waals surface area (Å²) in [4.78, 5) is 55.6. The van der Waals surface area contributed by atoms with E-state index in [4.69, 9.17) is 37.9 Å². The Kier molecular flexibility index (Phi) is 10.8. The van der Waals surface area contributed by atoms with Crippen molar-refractivity contribution in [3.8, 4) is 11.5 Å². The van der Waals surface area contributed by atoms with Crippen LogP contribution in [-0.2, 0) is 47.5 Å². The van der Waals surface area contributed by atoms with E-state index < -0.39 is 108 Å². The van der Waals surface area contributed by atoms with Gasteiger partial charge in [0.1, 0.15) is 41.8 Å². The van der Waals surface area contributed by atoms with Gasteiger partial charge in [0.2, 0.25) is 5.78 Å². The largest absolute Gasteiger partial charge is 0.507 e. The molecule has 14 unspecified atom stereocenters. The van der Waals surface area contributed by atoms with Crippen LogP contribution < -0.4 is 0 Å². The van der Waals surface area contributed by atoms with Gasteiger partial charge in [-0.15, -0.1) is 0 Å². The number of phenols is 2. The number of Topliss-reactive ketones (excluding diaryl/α,β-unsaturated/α-hetero) is 1. The number of nitrogens with zero attached hydrogens (tertiary/aromatic N) is 1. The quantitative estimate of drug-likeness (QED) is 0.293. The molecule has 0 bridgehead atoms. The first-order chi connectivity index (χ1) is 27.5. The molecule has 2 aliphatic carbocycles. The van der Waals surface area contributed by atoms with Gasteiger partial charge in [-0.05, 0) is 59.0 Å². The van der Waals surface area contributed by atoms with E-state index in [1.165, 1.54) is 31.4 Å². The minimum atomic E-state index is -1.75. The molecule has 2 aromatic rings. The molecule has 8 rings (SSSR count). The summed E-state index contributed by atoms with van der Waals surface area (Å²) in [6.45, 7) is 7.13. The van der Waals surface area contributed by atoms with Crippen LogP contribution >= 0.6 is 0 Å². The Labute approximate surface area is 335 Å². The third-order valence-electron chi connectivity index (χ3n) is 12.8. The van der Waals surface area contributed by atoms with E-state index in [9.17, 15) is 34.5 Å². The van der Waals surface area contributed by atoms with E-state index in [0.29, 0.717) is 6.42 Å². The van der Waals surface area contributed by atoms with Crippen LogP contribution in [0.25, 0.3) is 0 Å². The van der Waals surface area contributed by atoms with Gasteiger partial charge < -0.3 is 58.1 Å². The Bertz CT molecular complexity index is 2000. The number of esters is 1. The van der Waals surface area contributed by atoms with Crippen molar-refractivity contribution in [2.75, 3.05) is 21.2 Å². The molecule has 14 atom stereocenters. The fraction of sp³-hybridized carbons (Fsp3) is 0.619. The van der Waals surface area contributed by atoms with Crippen LogP contribution in [0.2, 0.25) is 0 Å². The Hall–Kier alpha value is -3.84. The molecule has 0 saturated carbocycles. The van der Waals surface area contributed by atoms with Gasteiger partial charge >= 0.3 is 5.97 Å². The first-order valence-corrected chi connectivity index (χ1v) is 19.9. The smallest absolute Gasteiger partial charge is 0.316 e. The van der Waals surface area contributed by atoms with Gasteiger partial charge in [-0.1, -0.05) is 19.1 Å². The van der Waals surface area contributed by atoms with E-state index in [1.807, 2.05) is 32.8 Å². The lowest BCUT2D eigenvalue weighted by Gasteiger charge is -2.51. The number of hydrogen-bond donors (Lipinski definition) is 3. The molecule has 4 heterocycles. The fourth-order valence-corrected chi connectivity index (χ4v) is 9.71. The maximum absolute atomic E-state index is 13.9. The number of aliphatic hydroxyl groups is 1. The minimum Gasteiger partial charge on any atom is -0.507 e. The predicted octanol–water partition coefficient (Wildman–Crippen LogP) is 3.17. The summed E-state index contributed by atoms with van der Waals surface area (Å²) in [5.74, 6) is -4.59. The highest BCUT2D eigenvalue weighted by molar-refractivity contribution is 6.30. The number of ether oxygens (including phenoxy) is 8. The zero-order chi connectivity index (χ0) is 41.5. The molecular weight excluding hydrogens is 758 g/mol. The van der Waals surface area contributed by atoms with Crippen molar-refractivity contribution in [3.63, 3.8) is 0 Å². The molecule has 4 aliphatic heterocycles. The van der Waals surface area contributed by atoms with E-state index in [1.54, 1.807) is 13.8 Å². The Morgan fingerprint density at radius 1 is 0.897 bits per heavy atom. The zero-order valence-corrected chi connectivity index (χ0v) is 33.5. The molecule has 16 nitrogen and oxygen atoms in total. The second-order valence-corrected chi connectivity index (χ2v) is 16.5. The van der Waals surface area contributed by atoms with E-state index in [-0.39, 0.29) is 70.9 Å². The summed E-state index contributed by atoms with van der Waals surface area (Å²) in [6, 6.07) is 5.18. The summed E-state index contributed by atoms with van der Waals surface area (Å²) < 4.78 is 49.6. The highest BCUT2D eigenvalue weighted by Crippen LogP contribution is 2.54. The topological polar surface area (TPSA) is 206 Å². The molecule has 0 aromatic heterocycles. The average molecular weight is 810 g/mol. The number of benzene rings is 2. The lowest BCUT2D eigenvalue weighted by Crippen LogP contribution is -2.62. The van der Waals surface area contributed by atoms with Gasteiger partial charge in [-0.2, -0.15) is 0 Å². The number of phenolic OH excluding ortho intramolecular Hbond substituents is 2.